The number of benzene rings is 1. The van der Waals surface area contributed by atoms with Crippen LogP contribution in [0.4, 0.5) is 11.4 Å². The summed E-state index contributed by atoms with van der Waals surface area (Å²) in [6, 6.07) is 4.21. The number of aryl methyl sites for hydroxylation is 2. The molecule has 23 heavy (non-hydrogen) atoms. The van der Waals surface area contributed by atoms with Gasteiger partial charge in [-0.25, -0.2) is 0 Å². The van der Waals surface area contributed by atoms with Crippen molar-refractivity contribution in [1.82, 2.24) is 5.16 Å². The van der Waals surface area contributed by atoms with Gasteiger partial charge in [-0.2, -0.15) is 0 Å². The number of carbonyl (C=O) groups is 1. The maximum absolute atomic E-state index is 12.5. The van der Waals surface area contributed by atoms with Crippen molar-refractivity contribution in [2.24, 2.45) is 0 Å². The van der Waals surface area contributed by atoms with Crippen LogP contribution in [0.1, 0.15) is 23.9 Å². The number of nitrogens with zero attached hydrogens (tertiary/aromatic N) is 3. The van der Waals surface area contributed by atoms with Crippen LogP contribution in [0.5, 0.6) is 5.75 Å². The maximum Gasteiger partial charge on any atom is 0.271 e. The first-order chi connectivity index (χ1) is 10.9. The van der Waals surface area contributed by atoms with E-state index in [1.807, 2.05) is 0 Å². The highest BCUT2D eigenvalue weighted by atomic mass is 16.6. The highest BCUT2D eigenvalue weighted by Gasteiger charge is 2.33. The van der Waals surface area contributed by atoms with Gasteiger partial charge < -0.3 is 14.2 Å². The van der Waals surface area contributed by atoms with Gasteiger partial charge in [0.15, 0.2) is 6.10 Å². The van der Waals surface area contributed by atoms with E-state index in [2.05, 4.69) is 5.16 Å². The zero-order chi connectivity index (χ0) is 16.7. The first kappa shape index (κ1) is 15.0. The summed E-state index contributed by atoms with van der Waals surface area (Å²) in [5, 5.41) is 14.9. The fourth-order valence-electron chi connectivity index (χ4n) is 2.56. The van der Waals surface area contributed by atoms with Crippen LogP contribution < -0.4 is 9.64 Å². The Kier molecular flexibility index (Phi) is 3.51. The molecule has 0 bridgehead atoms. The summed E-state index contributed by atoms with van der Waals surface area (Å²) < 4.78 is 10.7. The molecule has 1 aliphatic rings. The summed E-state index contributed by atoms with van der Waals surface area (Å²) in [4.78, 5) is 24.5. The van der Waals surface area contributed by atoms with Crippen LogP contribution in [-0.4, -0.2) is 22.1 Å². The lowest BCUT2D eigenvalue weighted by Crippen LogP contribution is -2.44. The summed E-state index contributed by atoms with van der Waals surface area (Å²) in [7, 11) is 0. The summed E-state index contributed by atoms with van der Waals surface area (Å²) in [5.74, 6) is 0.786. The minimum atomic E-state index is -0.663. The van der Waals surface area contributed by atoms with Crippen LogP contribution in [0.25, 0.3) is 0 Å². The lowest BCUT2D eigenvalue weighted by Gasteiger charge is -2.32. The summed E-state index contributed by atoms with van der Waals surface area (Å²) >= 11 is 0. The Morgan fingerprint density at radius 3 is 2.74 bits per heavy atom. The zero-order valence-corrected chi connectivity index (χ0v) is 12.9. The smallest absolute Gasteiger partial charge is 0.271 e. The molecule has 8 heteroatoms. The van der Waals surface area contributed by atoms with E-state index < -0.39 is 11.0 Å². The second-order valence-corrected chi connectivity index (χ2v) is 5.40. The van der Waals surface area contributed by atoms with Crippen molar-refractivity contribution in [3.8, 4) is 5.75 Å². The third kappa shape index (κ3) is 2.52. The predicted octanol–water partition coefficient (Wildman–Crippen LogP) is 2.51. The van der Waals surface area contributed by atoms with E-state index in [-0.39, 0.29) is 18.1 Å². The van der Waals surface area contributed by atoms with Crippen LogP contribution in [0.15, 0.2) is 22.7 Å². The summed E-state index contributed by atoms with van der Waals surface area (Å²) in [5.41, 5.74) is 1.74. The largest absolute Gasteiger partial charge is 0.479 e. The van der Waals surface area contributed by atoms with Crippen molar-refractivity contribution in [2.75, 3.05) is 4.90 Å². The number of hydrogen-bond acceptors (Lipinski definition) is 6. The van der Waals surface area contributed by atoms with Crippen molar-refractivity contribution in [2.45, 2.75) is 33.4 Å². The second-order valence-electron chi connectivity index (χ2n) is 5.40. The van der Waals surface area contributed by atoms with Crippen LogP contribution in [0.2, 0.25) is 0 Å². The molecule has 2 aromatic rings. The number of amides is 1. The highest BCUT2D eigenvalue weighted by Crippen LogP contribution is 2.38. The van der Waals surface area contributed by atoms with E-state index in [1.165, 1.54) is 23.1 Å². The Hall–Kier alpha value is -2.90. The topological polar surface area (TPSA) is 98.7 Å². The van der Waals surface area contributed by atoms with Crippen LogP contribution in [0.3, 0.4) is 0 Å². The third-order valence-electron chi connectivity index (χ3n) is 3.86. The van der Waals surface area contributed by atoms with Crippen molar-refractivity contribution in [1.29, 1.82) is 0 Å². The molecule has 0 spiro atoms. The molecule has 0 saturated heterocycles. The molecule has 0 fully saturated rings. The number of fused-ring (bicyclic) bond motifs is 1. The Labute approximate surface area is 131 Å². The van der Waals surface area contributed by atoms with Crippen LogP contribution >= 0.6 is 0 Å². The molecular formula is C15H15N3O5. The van der Waals surface area contributed by atoms with Crippen LogP contribution in [0, 0.1) is 24.0 Å². The van der Waals surface area contributed by atoms with E-state index in [1.54, 1.807) is 20.8 Å². The summed E-state index contributed by atoms with van der Waals surface area (Å²) in [6.45, 7) is 5.42. The number of nitro groups is 1. The first-order valence-electron chi connectivity index (χ1n) is 7.06. The zero-order valence-electron chi connectivity index (χ0n) is 12.9. The molecule has 1 aromatic carbocycles. The van der Waals surface area contributed by atoms with Gasteiger partial charge in [-0.3, -0.25) is 14.9 Å². The Morgan fingerprint density at radius 1 is 1.39 bits per heavy atom. The Balaban J connectivity index is 2.07. The van der Waals surface area contributed by atoms with E-state index in [0.717, 1.165) is 5.56 Å². The molecule has 1 atom stereocenters. The third-order valence-corrected chi connectivity index (χ3v) is 3.86. The molecule has 8 nitrogen and oxygen atoms in total. The minimum absolute atomic E-state index is 0.0986. The van der Waals surface area contributed by atoms with Gasteiger partial charge in [-0.15, -0.1) is 0 Å². The SMILES string of the molecule is Cc1noc(C)c1CN1C(=O)[C@H](C)Oc2ccc([N+](=O)[O-])cc21. The second kappa shape index (κ2) is 5.38. The van der Waals surface area contributed by atoms with E-state index in [0.29, 0.717) is 22.9 Å². The number of carbonyl (C=O) groups excluding carboxylic acids is 1. The van der Waals surface area contributed by atoms with Gasteiger partial charge in [0, 0.05) is 17.7 Å². The van der Waals surface area contributed by atoms with Gasteiger partial charge >= 0.3 is 0 Å². The molecule has 0 N–H and O–H groups in total. The molecular weight excluding hydrogens is 302 g/mol. The molecule has 1 amide bonds. The molecule has 2 heterocycles. The number of rotatable bonds is 3. The van der Waals surface area contributed by atoms with E-state index >= 15 is 0 Å². The lowest BCUT2D eigenvalue weighted by molar-refractivity contribution is -0.384. The number of aromatic nitrogens is 1. The van der Waals surface area contributed by atoms with Crippen molar-refractivity contribution >= 4 is 17.3 Å². The minimum Gasteiger partial charge on any atom is -0.479 e. The Morgan fingerprint density at radius 2 is 2.13 bits per heavy atom. The monoisotopic (exact) mass is 317 g/mol. The van der Waals surface area contributed by atoms with Gasteiger partial charge in [-0.1, -0.05) is 5.16 Å². The number of anilines is 1. The molecule has 3 rings (SSSR count). The molecule has 1 aliphatic heterocycles. The number of hydrogen-bond donors (Lipinski definition) is 0. The maximum atomic E-state index is 12.5. The molecule has 0 radical (unpaired) electrons. The van der Waals surface area contributed by atoms with Gasteiger partial charge in [0.2, 0.25) is 0 Å². The predicted molar refractivity (Wildman–Crippen MR) is 80.4 cm³/mol. The molecule has 1 aromatic heterocycles. The van der Waals surface area contributed by atoms with Gasteiger partial charge in [0.1, 0.15) is 11.5 Å². The van der Waals surface area contributed by atoms with Gasteiger partial charge in [0.05, 0.1) is 22.8 Å². The Bertz CT molecular complexity index is 779. The number of nitro benzene ring substituents is 1. The molecule has 0 unspecified atom stereocenters. The van der Waals surface area contributed by atoms with Crippen molar-refractivity contribution in [3.63, 3.8) is 0 Å². The van der Waals surface area contributed by atoms with E-state index in [9.17, 15) is 14.9 Å². The molecule has 0 aliphatic carbocycles. The average Bonchev–Trinajstić information content (AvgIpc) is 2.82. The number of non-ortho nitro benzene ring substituents is 1. The standard InChI is InChI=1S/C15H15N3O5/c1-8-12(9(2)23-16-8)7-17-13-6-11(18(20)21)4-5-14(13)22-10(3)15(17)19/h4-6,10H,7H2,1-3H3/t10-/m0/s1. The van der Waals surface area contributed by atoms with Crippen molar-refractivity contribution < 1.29 is 19.0 Å². The fourth-order valence-corrected chi connectivity index (χ4v) is 2.56. The number of ether oxygens (including phenoxy) is 1. The first-order valence-corrected chi connectivity index (χ1v) is 7.06. The van der Waals surface area contributed by atoms with Gasteiger partial charge in [-0.05, 0) is 26.8 Å². The molecule has 0 saturated carbocycles. The lowest BCUT2D eigenvalue weighted by atomic mass is 10.1. The average molecular weight is 317 g/mol. The summed E-state index contributed by atoms with van der Waals surface area (Å²) in [6.07, 6.45) is -0.663. The van der Waals surface area contributed by atoms with E-state index in [4.69, 9.17) is 9.26 Å². The van der Waals surface area contributed by atoms with Gasteiger partial charge in [0.25, 0.3) is 11.6 Å². The molecule has 120 valence electrons. The normalized spacial score (nSPS) is 16.9. The van der Waals surface area contributed by atoms with Crippen molar-refractivity contribution in [3.05, 3.63) is 45.3 Å². The highest BCUT2D eigenvalue weighted by molar-refractivity contribution is 6.00. The quantitative estimate of drug-likeness (QED) is 0.637. The van der Waals surface area contributed by atoms with Crippen LogP contribution in [-0.2, 0) is 11.3 Å². The fraction of sp³-hybridized carbons (Fsp3) is 0.333.